The zero-order valence-electron chi connectivity index (χ0n) is 13.1. The molecule has 0 aliphatic rings. The van der Waals surface area contributed by atoms with E-state index < -0.39 is 17.2 Å². The number of anilines is 1. The Balaban J connectivity index is 2.31. The van der Waals surface area contributed by atoms with E-state index in [4.69, 9.17) is 10.5 Å². The molecule has 1 heterocycles. The molecule has 0 amide bonds. The highest BCUT2D eigenvalue weighted by atomic mass is 19.1. The maximum atomic E-state index is 14.4. The van der Waals surface area contributed by atoms with Crippen molar-refractivity contribution in [1.82, 2.24) is 9.36 Å². The molecule has 0 aliphatic carbocycles. The first-order valence-electron chi connectivity index (χ1n) is 7.12. The SMILES string of the molecule is COc1cc(F)c(-c2c(N)c(=O)n(-c3ccccc3)n2C)c(F)c1. The van der Waals surface area contributed by atoms with Crippen molar-refractivity contribution in [3.63, 3.8) is 0 Å². The van der Waals surface area contributed by atoms with Crippen molar-refractivity contribution < 1.29 is 13.5 Å². The van der Waals surface area contributed by atoms with Crippen LogP contribution in [-0.2, 0) is 7.05 Å². The minimum absolute atomic E-state index is 0.0264. The van der Waals surface area contributed by atoms with Gasteiger partial charge in [0.05, 0.1) is 24.1 Å². The molecule has 0 atom stereocenters. The van der Waals surface area contributed by atoms with Crippen LogP contribution in [0.3, 0.4) is 0 Å². The number of halogens is 2. The van der Waals surface area contributed by atoms with E-state index in [-0.39, 0.29) is 22.7 Å². The Morgan fingerprint density at radius 1 is 1.08 bits per heavy atom. The molecule has 0 unspecified atom stereocenters. The molecule has 24 heavy (non-hydrogen) atoms. The second kappa shape index (κ2) is 5.84. The maximum Gasteiger partial charge on any atom is 0.295 e. The molecule has 2 N–H and O–H groups in total. The van der Waals surface area contributed by atoms with Gasteiger partial charge in [-0.15, -0.1) is 0 Å². The van der Waals surface area contributed by atoms with Gasteiger partial charge in [-0.3, -0.25) is 9.48 Å². The highest BCUT2D eigenvalue weighted by Crippen LogP contribution is 2.32. The Hall–Kier alpha value is -3.09. The van der Waals surface area contributed by atoms with Crippen LogP contribution in [0.25, 0.3) is 16.9 Å². The molecular formula is C17H15F2N3O2. The lowest BCUT2D eigenvalue weighted by Crippen LogP contribution is -2.20. The second-order valence-electron chi connectivity index (χ2n) is 5.20. The fraction of sp³-hybridized carbons (Fsp3) is 0.118. The number of nitrogens with zero attached hydrogens (tertiary/aromatic N) is 2. The zero-order valence-corrected chi connectivity index (χ0v) is 13.1. The fourth-order valence-electron chi connectivity index (χ4n) is 2.68. The first-order valence-corrected chi connectivity index (χ1v) is 7.12. The summed E-state index contributed by atoms with van der Waals surface area (Å²) in [5.74, 6) is -1.68. The monoisotopic (exact) mass is 331 g/mol. The number of benzene rings is 2. The van der Waals surface area contributed by atoms with Gasteiger partial charge < -0.3 is 10.5 Å². The predicted octanol–water partition coefficient (Wildman–Crippen LogP) is 2.71. The number of aromatic nitrogens is 2. The van der Waals surface area contributed by atoms with Crippen molar-refractivity contribution >= 4 is 5.69 Å². The first-order chi connectivity index (χ1) is 11.5. The number of rotatable bonds is 3. The van der Waals surface area contributed by atoms with E-state index >= 15 is 0 Å². The molecule has 1 aromatic heterocycles. The van der Waals surface area contributed by atoms with Crippen LogP contribution in [-0.4, -0.2) is 16.5 Å². The van der Waals surface area contributed by atoms with Gasteiger partial charge in [0, 0.05) is 19.2 Å². The molecule has 3 aromatic rings. The van der Waals surface area contributed by atoms with Crippen molar-refractivity contribution in [1.29, 1.82) is 0 Å². The molecular weight excluding hydrogens is 316 g/mol. The van der Waals surface area contributed by atoms with Crippen LogP contribution in [0.4, 0.5) is 14.5 Å². The molecule has 0 aliphatic heterocycles. The second-order valence-corrected chi connectivity index (χ2v) is 5.20. The van der Waals surface area contributed by atoms with Gasteiger partial charge in [0.15, 0.2) is 0 Å². The Morgan fingerprint density at radius 2 is 1.67 bits per heavy atom. The van der Waals surface area contributed by atoms with E-state index in [9.17, 15) is 13.6 Å². The van der Waals surface area contributed by atoms with Crippen molar-refractivity contribution in [3.05, 3.63) is 64.5 Å². The Labute approximate surface area is 136 Å². The summed E-state index contributed by atoms with van der Waals surface area (Å²) in [6.07, 6.45) is 0. The van der Waals surface area contributed by atoms with Crippen LogP contribution in [0, 0.1) is 11.6 Å². The zero-order chi connectivity index (χ0) is 17.4. The van der Waals surface area contributed by atoms with Crippen LogP contribution in [0.1, 0.15) is 0 Å². The van der Waals surface area contributed by atoms with Gasteiger partial charge in [-0.2, -0.15) is 0 Å². The lowest BCUT2D eigenvalue weighted by atomic mass is 10.1. The molecule has 3 rings (SSSR count). The molecule has 0 fully saturated rings. The highest BCUT2D eigenvalue weighted by molar-refractivity contribution is 5.74. The molecule has 5 nitrogen and oxygen atoms in total. The largest absolute Gasteiger partial charge is 0.497 e. The van der Waals surface area contributed by atoms with Crippen molar-refractivity contribution in [2.75, 3.05) is 12.8 Å². The van der Waals surface area contributed by atoms with Gasteiger partial charge >= 0.3 is 0 Å². The molecule has 0 bridgehead atoms. The fourth-order valence-corrected chi connectivity index (χ4v) is 2.68. The summed E-state index contributed by atoms with van der Waals surface area (Å²) < 4.78 is 36.2. The highest BCUT2D eigenvalue weighted by Gasteiger charge is 2.24. The first kappa shape index (κ1) is 15.8. The Morgan fingerprint density at radius 3 is 2.21 bits per heavy atom. The number of ether oxygens (including phenoxy) is 1. The summed E-state index contributed by atoms with van der Waals surface area (Å²) in [5, 5.41) is 0. The van der Waals surface area contributed by atoms with Gasteiger partial charge in [0.1, 0.15) is 23.1 Å². The van der Waals surface area contributed by atoms with Crippen molar-refractivity contribution in [2.45, 2.75) is 0 Å². The number of hydrogen-bond acceptors (Lipinski definition) is 3. The van der Waals surface area contributed by atoms with E-state index in [1.54, 1.807) is 30.3 Å². The lowest BCUT2D eigenvalue weighted by Gasteiger charge is -2.12. The summed E-state index contributed by atoms with van der Waals surface area (Å²) in [6.45, 7) is 0. The van der Waals surface area contributed by atoms with E-state index in [2.05, 4.69) is 0 Å². The number of hydrogen-bond donors (Lipinski definition) is 1. The van der Waals surface area contributed by atoms with Crippen LogP contribution in [0.15, 0.2) is 47.3 Å². The molecule has 0 radical (unpaired) electrons. The number of para-hydroxylation sites is 1. The maximum absolute atomic E-state index is 14.4. The van der Waals surface area contributed by atoms with Gasteiger partial charge in [-0.1, -0.05) is 18.2 Å². The van der Waals surface area contributed by atoms with Crippen LogP contribution in [0.5, 0.6) is 5.75 Å². The molecule has 0 saturated heterocycles. The molecule has 0 saturated carbocycles. The summed E-state index contributed by atoms with van der Waals surface area (Å²) in [4.78, 5) is 12.5. The van der Waals surface area contributed by atoms with E-state index in [1.165, 1.54) is 23.5 Å². The Bertz CT molecular complexity index is 939. The smallest absolute Gasteiger partial charge is 0.295 e. The van der Waals surface area contributed by atoms with Gasteiger partial charge in [-0.25, -0.2) is 13.5 Å². The van der Waals surface area contributed by atoms with Gasteiger partial charge in [-0.05, 0) is 12.1 Å². The minimum atomic E-state index is -0.862. The van der Waals surface area contributed by atoms with E-state index in [0.29, 0.717) is 5.69 Å². The molecule has 2 aromatic carbocycles. The van der Waals surface area contributed by atoms with Crippen LogP contribution >= 0.6 is 0 Å². The molecule has 7 heteroatoms. The minimum Gasteiger partial charge on any atom is -0.497 e. The number of methoxy groups -OCH3 is 1. The topological polar surface area (TPSA) is 62.2 Å². The van der Waals surface area contributed by atoms with Crippen LogP contribution in [0.2, 0.25) is 0 Å². The van der Waals surface area contributed by atoms with Gasteiger partial charge in [0.25, 0.3) is 5.56 Å². The summed E-state index contributed by atoms with van der Waals surface area (Å²) in [6, 6.07) is 10.8. The van der Waals surface area contributed by atoms with Gasteiger partial charge in [0.2, 0.25) is 0 Å². The average Bonchev–Trinajstić information content (AvgIpc) is 2.78. The normalized spacial score (nSPS) is 10.8. The summed E-state index contributed by atoms with van der Waals surface area (Å²) in [5.41, 5.74) is 5.22. The van der Waals surface area contributed by atoms with Crippen molar-refractivity contribution in [3.8, 4) is 22.7 Å². The summed E-state index contributed by atoms with van der Waals surface area (Å²) in [7, 11) is 2.83. The summed E-state index contributed by atoms with van der Waals surface area (Å²) >= 11 is 0. The number of nitrogens with two attached hydrogens (primary N) is 1. The standard InChI is InChI=1S/C17H15F2N3O2/c1-21-16(14-12(18)8-11(24-2)9-13(14)19)15(20)17(23)22(21)10-6-4-3-5-7-10/h3-9H,20H2,1-2H3. The van der Waals surface area contributed by atoms with Crippen LogP contribution < -0.4 is 16.0 Å². The predicted molar refractivity (Wildman–Crippen MR) is 87.3 cm³/mol. The third-order valence-corrected chi connectivity index (χ3v) is 3.79. The van der Waals surface area contributed by atoms with E-state index in [0.717, 1.165) is 12.1 Å². The molecule has 0 spiro atoms. The van der Waals surface area contributed by atoms with E-state index in [1.807, 2.05) is 0 Å². The third kappa shape index (κ3) is 2.34. The van der Waals surface area contributed by atoms with Crippen molar-refractivity contribution in [2.24, 2.45) is 7.05 Å². The third-order valence-electron chi connectivity index (χ3n) is 3.79. The lowest BCUT2D eigenvalue weighted by molar-refractivity contribution is 0.407. The number of nitrogen functional groups attached to an aromatic ring is 1. The molecule has 124 valence electrons. The quantitative estimate of drug-likeness (QED) is 0.803. The Kier molecular flexibility index (Phi) is 3.84. The average molecular weight is 331 g/mol.